The van der Waals surface area contributed by atoms with Crippen molar-refractivity contribution in [1.82, 2.24) is 4.57 Å². The molecule has 1 aliphatic carbocycles. The van der Waals surface area contributed by atoms with Crippen LogP contribution in [-0.2, 0) is 13.5 Å². The molecule has 0 aliphatic heterocycles. The largest absolute Gasteiger partial charge is 0.402 e. The van der Waals surface area contributed by atoms with Crippen molar-refractivity contribution in [3.8, 4) is 0 Å². The summed E-state index contributed by atoms with van der Waals surface area (Å²) in [5.41, 5.74) is 12.6. The fourth-order valence-electron chi connectivity index (χ4n) is 4.12. The number of para-hydroxylation sites is 1. The summed E-state index contributed by atoms with van der Waals surface area (Å²) in [5, 5.41) is 1.37. The lowest BCUT2D eigenvalue weighted by atomic mass is 9.81. The molecule has 132 valence electrons. The number of fused-ring (bicyclic) bond motifs is 1. The van der Waals surface area contributed by atoms with Crippen LogP contribution in [0.2, 0.25) is 0 Å². The highest BCUT2D eigenvalue weighted by molar-refractivity contribution is 5.85. The van der Waals surface area contributed by atoms with Gasteiger partial charge >= 0.3 is 0 Å². The van der Waals surface area contributed by atoms with Crippen LogP contribution < -0.4 is 5.73 Å². The van der Waals surface area contributed by atoms with E-state index in [1.165, 1.54) is 27.7 Å². The minimum absolute atomic E-state index is 0.111. The van der Waals surface area contributed by atoms with Gasteiger partial charge in [-0.05, 0) is 50.8 Å². The molecule has 2 N–H and O–H groups in total. The van der Waals surface area contributed by atoms with E-state index in [0.29, 0.717) is 0 Å². The van der Waals surface area contributed by atoms with Crippen LogP contribution in [-0.4, -0.2) is 4.57 Å². The average molecular weight is 335 g/mol. The summed E-state index contributed by atoms with van der Waals surface area (Å²) < 4.78 is 2.35. The second kappa shape index (κ2) is 6.95. The Bertz CT molecular complexity index is 825. The average Bonchev–Trinajstić information content (AvgIpc) is 2.79. The molecule has 0 saturated heterocycles. The summed E-state index contributed by atoms with van der Waals surface area (Å²) in [6.45, 7) is 6.84. The molecule has 25 heavy (non-hydrogen) atoms. The third kappa shape index (κ3) is 3.73. The summed E-state index contributed by atoms with van der Waals surface area (Å²) in [5.74, 6) is 0. The molecule has 1 aliphatic rings. The highest BCUT2D eigenvalue weighted by atomic mass is 14.9. The van der Waals surface area contributed by atoms with Crippen molar-refractivity contribution >= 4 is 10.9 Å². The Labute approximate surface area is 151 Å². The van der Waals surface area contributed by atoms with Gasteiger partial charge in [0.05, 0.1) is 0 Å². The van der Waals surface area contributed by atoms with Crippen molar-refractivity contribution in [3.63, 3.8) is 0 Å². The molecule has 3 rings (SSSR count). The Morgan fingerprint density at radius 3 is 2.84 bits per heavy atom. The van der Waals surface area contributed by atoms with Crippen molar-refractivity contribution in [2.24, 2.45) is 18.2 Å². The molecule has 1 aromatic heterocycles. The molecule has 0 bridgehead atoms. The Kier molecular flexibility index (Phi) is 4.89. The van der Waals surface area contributed by atoms with Gasteiger partial charge in [0.1, 0.15) is 0 Å². The zero-order chi connectivity index (χ0) is 18.0. The first-order valence-electron chi connectivity index (χ1n) is 9.25. The number of hydrogen-bond acceptors (Lipinski definition) is 1. The number of rotatable bonds is 3. The Morgan fingerprint density at radius 2 is 2.08 bits per heavy atom. The summed E-state index contributed by atoms with van der Waals surface area (Å²) >= 11 is 0. The van der Waals surface area contributed by atoms with E-state index in [1.54, 1.807) is 0 Å². The molecule has 1 atom stereocenters. The fourth-order valence-corrected chi connectivity index (χ4v) is 4.12. The summed E-state index contributed by atoms with van der Waals surface area (Å²) in [4.78, 5) is 0. The monoisotopic (exact) mass is 334 g/mol. The lowest BCUT2D eigenvalue weighted by Crippen LogP contribution is -2.13. The van der Waals surface area contributed by atoms with Gasteiger partial charge in [-0.15, -0.1) is 0 Å². The molecule has 2 nitrogen and oxygen atoms in total. The van der Waals surface area contributed by atoms with Crippen LogP contribution in [0.1, 0.15) is 44.4 Å². The molecule has 0 radical (unpaired) electrons. The maximum Gasteiger partial charge on any atom is 0.0482 e. The van der Waals surface area contributed by atoms with Gasteiger partial charge < -0.3 is 10.3 Å². The van der Waals surface area contributed by atoms with Gasteiger partial charge in [-0.3, -0.25) is 0 Å². The van der Waals surface area contributed by atoms with E-state index in [9.17, 15) is 0 Å². The van der Waals surface area contributed by atoms with Gasteiger partial charge in [0.2, 0.25) is 0 Å². The fraction of sp³-hybridized carbons (Fsp3) is 0.391. The predicted molar refractivity (Wildman–Crippen MR) is 108 cm³/mol. The molecule has 0 spiro atoms. The lowest BCUT2D eigenvalue weighted by Gasteiger charge is -2.25. The highest BCUT2D eigenvalue weighted by Gasteiger charge is 2.20. The summed E-state index contributed by atoms with van der Waals surface area (Å²) in [7, 11) is 2.18. The molecular formula is C23H30N2. The van der Waals surface area contributed by atoms with E-state index in [1.807, 2.05) is 0 Å². The lowest BCUT2D eigenvalue weighted by molar-refractivity contribution is 0.471. The standard InChI is InChI=1S/C23H30N2/c1-17(16-23(3)13-7-9-19(24)10-8-14-23)15-22-18(2)20-11-5-6-12-21(20)25(22)4/h5-7,9,11-13,16H,8,10,14-15,24H2,1-4H3/b13-7-,17-16+,19-9-. The number of aryl methyl sites for hydroxylation is 2. The molecule has 1 aromatic carbocycles. The maximum atomic E-state index is 5.96. The smallest absolute Gasteiger partial charge is 0.0482 e. The van der Waals surface area contributed by atoms with Gasteiger partial charge in [0.25, 0.3) is 0 Å². The molecule has 1 heterocycles. The Hall–Kier alpha value is -2.22. The topological polar surface area (TPSA) is 30.9 Å². The van der Waals surface area contributed by atoms with Gasteiger partial charge in [0, 0.05) is 41.2 Å². The van der Waals surface area contributed by atoms with Crippen molar-refractivity contribution in [1.29, 1.82) is 0 Å². The molecular weight excluding hydrogens is 304 g/mol. The van der Waals surface area contributed by atoms with E-state index in [2.05, 4.69) is 81.0 Å². The first kappa shape index (κ1) is 17.6. The van der Waals surface area contributed by atoms with E-state index < -0.39 is 0 Å². The Balaban J connectivity index is 1.89. The highest BCUT2D eigenvalue weighted by Crippen LogP contribution is 2.33. The normalized spacial score (nSPS) is 25.3. The molecule has 0 fully saturated rings. The quantitative estimate of drug-likeness (QED) is 0.731. The maximum absolute atomic E-state index is 5.96. The van der Waals surface area contributed by atoms with E-state index in [4.69, 9.17) is 5.73 Å². The molecule has 0 amide bonds. The Morgan fingerprint density at radius 1 is 1.32 bits per heavy atom. The van der Waals surface area contributed by atoms with Crippen molar-refractivity contribution < 1.29 is 0 Å². The van der Waals surface area contributed by atoms with Crippen LogP contribution in [0, 0.1) is 12.3 Å². The SMILES string of the molecule is C/C(=C\C1(C)/C=C\C=C(/N)CCC1)Cc1c(C)c2ccccc2n1C. The second-order valence-electron chi connectivity index (χ2n) is 7.78. The third-order valence-corrected chi connectivity index (χ3v) is 5.50. The zero-order valence-electron chi connectivity index (χ0n) is 16.0. The van der Waals surface area contributed by atoms with Crippen molar-refractivity contribution in [2.75, 3.05) is 0 Å². The minimum Gasteiger partial charge on any atom is -0.402 e. The van der Waals surface area contributed by atoms with Crippen LogP contribution in [0.5, 0.6) is 0 Å². The van der Waals surface area contributed by atoms with Crippen LogP contribution in [0.25, 0.3) is 10.9 Å². The van der Waals surface area contributed by atoms with Crippen LogP contribution in [0.3, 0.4) is 0 Å². The van der Waals surface area contributed by atoms with Gasteiger partial charge in [-0.25, -0.2) is 0 Å². The number of nitrogens with zero attached hydrogens (tertiary/aromatic N) is 1. The zero-order valence-corrected chi connectivity index (χ0v) is 16.0. The van der Waals surface area contributed by atoms with Gasteiger partial charge in [-0.1, -0.05) is 48.9 Å². The van der Waals surface area contributed by atoms with E-state index in [0.717, 1.165) is 31.4 Å². The van der Waals surface area contributed by atoms with Crippen LogP contribution in [0.4, 0.5) is 0 Å². The first-order valence-corrected chi connectivity index (χ1v) is 9.25. The number of aromatic nitrogens is 1. The number of hydrogen-bond donors (Lipinski definition) is 1. The summed E-state index contributed by atoms with van der Waals surface area (Å²) in [6, 6.07) is 8.68. The van der Waals surface area contributed by atoms with Crippen molar-refractivity contribution in [3.05, 3.63) is 71.1 Å². The number of allylic oxidation sites excluding steroid dienone is 6. The number of nitrogens with two attached hydrogens (primary N) is 1. The minimum atomic E-state index is 0.111. The molecule has 2 aromatic rings. The molecule has 2 heteroatoms. The van der Waals surface area contributed by atoms with Crippen LogP contribution >= 0.6 is 0 Å². The third-order valence-electron chi connectivity index (χ3n) is 5.50. The van der Waals surface area contributed by atoms with Gasteiger partial charge in [-0.2, -0.15) is 0 Å². The first-order chi connectivity index (χ1) is 11.9. The molecule has 1 unspecified atom stereocenters. The van der Waals surface area contributed by atoms with Gasteiger partial charge in [0.15, 0.2) is 0 Å². The summed E-state index contributed by atoms with van der Waals surface area (Å²) in [6.07, 6.45) is 13.2. The van der Waals surface area contributed by atoms with E-state index >= 15 is 0 Å². The van der Waals surface area contributed by atoms with Crippen LogP contribution in [0.15, 0.2) is 59.8 Å². The van der Waals surface area contributed by atoms with E-state index in [-0.39, 0.29) is 5.41 Å². The van der Waals surface area contributed by atoms with Crippen molar-refractivity contribution in [2.45, 2.75) is 46.5 Å². The second-order valence-corrected chi connectivity index (χ2v) is 7.78. The number of benzene rings is 1. The molecule has 0 saturated carbocycles. The predicted octanol–water partition coefficient (Wildman–Crippen LogP) is 5.56.